The van der Waals surface area contributed by atoms with E-state index in [9.17, 15) is 0 Å². The molecule has 0 aromatic heterocycles. The molecule has 1 aliphatic rings. The molecule has 0 atom stereocenters. The minimum atomic E-state index is -0.641. The van der Waals surface area contributed by atoms with Crippen LogP contribution in [0.3, 0.4) is 0 Å². The molecule has 0 saturated carbocycles. The van der Waals surface area contributed by atoms with Gasteiger partial charge in [-0.1, -0.05) is 269 Å². The summed E-state index contributed by atoms with van der Waals surface area (Å²) in [5.41, 5.74) is 35.1. The van der Waals surface area contributed by atoms with Gasteiger partial charge in [-0.05, 0) is 135 Å². The van der Waals surface area contributed by atoms with Crippen molar-refractivity contribution >= 4 is 46.2 Å². The first-order chi connectivity index (χ1) is 33.5. The minimum absolute atomic E-state index is 0.0336. The van der Waals surface area contributed by atoms with Crippen LogP contribution in [0.25, 0.3) is 22.3 Å². The molecule has 0 radical (unpaired) electrons. The van der Waals surface area contributed by atoms with Crippen molar-refractivity contribution in [2.24, 2.45) is 0 Å². The van der Waals surface area contributed by atoms with Crippen LogP contribution in [-0.4, -0.2) is 13.4 Å². The van der Waals surface area contributed by atoms with Crippen molar-refractivity contribution in [3.63, 3.8) is 0 Å². The largest absolute Gasteiger partial charge is 0.242 e. The highest BCUT2D eigenvalue weighted by atomic mass is 14.5. The molecule has 0 unspecified atom stereocenters. The lowest BCUT2D eigenvalue weighted by molar-refractivity contribution is 0.769. The van der Waals surface area contributed by atoms with Gasteiger partial charge in [0, 0.05) is 0 Å². The number of hydrogen-bond donors (Lipinski definition) is 0. The predicted octanol–water partition coefficient (Wildman–Crippen LogP) is 12.8. The SMILES string of the molecule is Cc1ccc(C2(c3ccc(-c4ccccc4)cc3)c3cc(B(c4c(C)cc(C)cc4C)c4c(C)cc(C)cc4C)ccc3-c3ccc(B(c4c(C)cc(C)cc4C)c4c(C)cc(C)cc4C)cc32)cc1. The molecule has 9 aromatic carbocycles. The van der Waals surface area contributed by atoms with Crippen LogP contribution in [0, 0.1) is 90.0 Å². The Morgan fingerprint density at radius 2 is 0.571 bits per heavy atom. The number of rotatable bonds is 9. The summed E-state index contributed by atoms with van der Waals surface area (Å²) >= 11 is 0. The van der Waals surface area contributed by atoms with Crippen molar-refractivity contribution in [2.45, 2.75) is 95.4 Å². The fourth-order valence-corrected chi connectivity index (χ4v) is 13.4. The second kappa shape index (κ2) is 18.1. The van der Waals surface area contributed by atoms with Gasteiger partial charge in [0.05, 0.1) is 5.41 Å². The van der Waals surface area contributed by atoms with Crippen molar-refractivity contribution < 1.29 is 0 Å². The molecule has 344 valence electrons. The van der Waals surface area contributed by atoms with Crippen molar-refractivity contribution in [3.05, 3.63) is 258 Å². The van der Waals surface area contributed by atoms with Gasteiger partial charge in [0.25, 0.3) is 0 Å². The molecule has 9 aromatic rings. The molecule has 10 rings (SSSR count). The molecular weight excluding hydrogens is 838 g/mol. The summed E-state index contributed by atoms with van der Waals surface area (Å²) in [5.74, 6) is 0. The molecule has 0 aliphatic heterocycles. The van der Waals surface area contributed by atoms with E-state index in [1.165, 1.54) is 150 Å². The van der Waals surface area contributed by atoms with Crippen LogP contribution in [-0.2, 0) is 5.41 Å². The van der Waals surface area contributed by atoms with Gasteiger partial charge in [-0.2, -0.15) is 0 Å². The molecule has 2 heteroatoms. The lowest BCUT2D eigenvalue weighted by Gasteiger charge is -2.35. The molecule has 0 nitrogen and oxygen atoms in total. The van der Waals surface area contributed by atoms with E-state index < -0.39 is 5.41 Å². The van der Waals surface area contributed by atoms with E-state index in [4.69, 9.17) is 0 Å². The van der Waals surface area contributed by atoms with Gasteiger partial charge < -0.3 is 0 Å². The fourth-order valence-electron chi connectivity index (χ4n) is 13.4. The van der Waals surface area contributed by atoms with E-state index in [-0.39, 0.29) is 13.4 Å². The topological polar surface area (TPSA) is 0 Å². The first kappa shape index (κ1) is 46.8. The zero-order chi connectivity index (χ0) is 49.3. The van der Waals surface area contributed by atoms with Gasteiger partial charge in [0.15, 0.2) is 0 Å². The van der Waals surface area contributed by atoms with Gasteiger partial charge in [-0.15, -0.1) is 0 Å². The van der Waals surface area contributed by atoms with E-state index in [2.05, 4.69) is 254 Å². The Bertz CT molecular complexity index is 3120. The molecule has 0 saturated heterocycles. The van der Waals surface area contributed by atoms with Gasteiger partial charge >= 0.3 is 0 Å². The van der Waals surface area contributed by atoms with Crippen molar-refractivity contribution in [1.29, 1.82) is 0 Å². The molecule has 0 N–H and O–H groups in total. The molecule has 0 bridgehead atoms. The third-order valence-electron chi connectivity index (χ3n) is 15.9. The van der Waals surface area contributed by atoms with E-state index in [0.717, 1.165) is 0 Å². The second-order valence-corrected chi connectivity index (χ2v) is 21.3. The molecule has 0 spiro atoms. The van der Waals surface area contributed by atoms with Crippen molar-refractivity contribution in [3.8, 4) is 22.3 Å². The standard InChI is InChI=1S/C68H66B2/c1-41-19-23-56(24-20-41)68(57-25-21-55(22-26-57)54-17-15-14-16-18-54)62-39-58(69(64-46(6)31-42(2)32-47(64)7)65-48(8)33-43(3)34-49(65)9)27-29-60(62)61-30-28-59(40-63(61)68)70(66-50(10)35-44(4)36-51(66)11)67-52(12)37-45(5)38-53(67)13/h14-40H,1-13H3. The average Bonchev–Trinajstić information content (AvgIpc) is 3.59. The zero-order valence-electron chi connectivity index (χ0n) is 43.7. The Balaban J connectivity index is 1.32. The van der Waals surface area contributed by atoms with Crippen LogP contribution in [0.4, 0.5) is 0 Å². The molecule has 0 heterocycles. The summed E-state index contributed by atoms with van der Waals surface area (Å²) in [4.78, 5) is 0. The quantitative estimate of drug-likeness (QED) is 0.127. The van der Waals surface area contributed by atoms with Crippen LogP contribution >= 0.6 is 0 Å². The highest BCUT2D eigenvalue weighted by Gasteiger charge is 2.48. The summed E-state index contributed by atoms with van der Waals surface area (Å²) in [6.45, 7) is 29.8. The Hall–Kier alpha value is -6.89. The van der Waals surface area contributed by atoms with Crippen LogP contribution in [0.15, 0.2) is 164 Å². The molecular formula is C68H66B2. The normalized spacial score (nSPS) is 12.5. The Morgan fingerprint density at radius 3 is 0.900 bits per heavy atom. The summed E-state index contributed by atoms with van der Waals surface area (Å²) in [6.07, 6.45) is 0. The summed E-state index contributed by atoms with van der Waals surface area (Å²) < 4.78 is 0. The third kappa shape index (κ3) is 7.91. The van der Waals surface area contributed by atoms with Crippen LogP contribution in [0.1, 0.15) is 94.6 Å². The predicted molar refractivity (Wildman–Crippen MR) is 306 cm³/mol. The van der Waals surface area contributed by atoms with Gasteiger partial charge in [0.2, 0.25) is 13.4 Å². The maximum atomic E-state index is 2.63. The Kier molecular flexibility index (Phi) is 12.1. The zero-order valence-corrected chi connectivity index (χ0v) is 43.7. The maximum absolute atomic E-state index is 2.63. The number of aryl methyl sites for hydroxylation is 13. The van der Waals surface area contributed by atoms with E-state index in [1.54, 1.807) is 0 Å². The second-order valence-electron chi connectivity index (χ2n) is 21.3. The van der Waals surface area contributed by atoms with E-state index >= 15 is 0 Å². The lowest BCUT2D eigenvalue weighted by Crippen LogP contribution is -2.56. The molecule has 0 fully saturated rings. The Morgan fingerprint density at radius 1 is 0.271 bits per heavy atom. The highest BCUT2D eigenvalue weighted by molar-refractivity contribution is 6.97. The van der Waals surface area contributed by atoms with Crippen LogP contribution < -0.4 is 32.8 Å². The minimum Gasteiger partial charge on any atom is -0.0682 e. The van der Waals surface area contributed by atoms with E-state index in [1.807, 2.05) is 0 Å². The lowest BCUT2D eigenvalue weighted by atomic mass is 9.34. The summed E-state index contributed by atoms with van der Waals surface area (Å²) in [5, 5.41) is 0. The summed E-state index contributed by atoms with van der Waals surface area (Å²) in [6, 6.07) is 64.1. The molecule has 1 aliphatic carbocycles. The van der Waals surface area contributed by atoms with Gasteiger partial charge in [0.1, 0.15) is 0 Å². The smallest absolute Gasteiger partial charge is 0.0682 e. The first-order valence-corrected chi connectivity index (χ1v) is 25.4. The fraction of sp³-hybridized carbons (Fsp3) is 0.206. The van der Waals surface area contributed by atoms with E-state index in [0.29, 0.717) is 0 Å². The molecule has 0 amide bonds. The average molecular weight is 905 g/mol. The van der Waals surface area contributed by atoms with Crippen molar-refractivity contribution in [2.75, 3.05) is 0 Å². The monoisotopic (exact) mass is 905 g/mol. The number of hydrogen-bond acceptors (Lipinski definition) is 0. The van der Waals surface area contributed by atoms with Crippen LogP contribution in [0.2, 0.25) is 0 Å². The van der Waals surface area contributed by atoms with Crippen LogP contribution in [0.5, 0.6) is 0 Å². The molecule has 70 heavy (non-hydrogen) atoms. The number of fused-ring (bicyclic) bond motifs is 3. The van der Waals surface area contributed by atoms with Gasteiger partial charge in [-0.25, -0.2) is 0 Å². The first-order valence-electron chi connectivity index (χ1n) is 25.4. The highest BCUT2D eigenvalue weighted by Crippen LogP contribution is 2.56. The summed E-state index contributed by atoms with van der Waals surface area (Å²) in [7, 11) is 0. The third-order valence-corrected chi connectivity index (χ3v) is 15.9. The maximum Gasteiger partial charge on any atom is 0.242 e. The van der Waals surface area contributed by atoms with Crippen molar-refractivity contribution in [1.82, 2.24) is 0 Å². The number of benzene rings is 9. The van der Waals surface area contributed by atoms with Gasteiger partial charge in [-0.3, -0.25) is 0 Å². The Labute approximate surface area is 420 Å².